The summed E-state index contributed by atoms with van der Waals surface area (Å²) in [6.07, 6.45) is 5.51. The second kappa shape index (κ2) is 11.0. The van der Waals surface area contributed by atoms with Crippen LogP contribution in [0.4, 0.5) is 4.39 Å². The van der Waals surface area contributed by atoms with Crippen LogP contribution in [0.5, 0.6) is 0 Å². The lowest BCUT2D eigenvalue weighted by Gasteiger charge is -2.31. The standard InChI is InChI=1S/C30H31FN4O3S/c31-22-17-26-28(32-18-22)34(25-11-13-39-14-12-25)30(38)35(29(26)37)24-9-7-23(8-10-24)33-27(36)16-19-5-6-20-3-1-2-4-21(20)15-19/h1-6,15,17-18,23-25H,7-14,16H2,(H,33,36). The minimum Gasteiger partial charge on any atom is -0.353 e. The SMILES string of the molecule is O=C(Cc1ccc2ccccc2c1)NC1CCC(n2c(=O)c3cc(F)cnc3n(C3CCSCC3)c2=O)CC1. The topological polar surface area (TPSA) is 86.0 Å². The molecule has 1 saturated carbocycles. The zero-order valence-corrected chi connectivity index (χ0v) is 22.5. The summed E-state index contributed by atoms with van der Waals surface area (Å²) in [4.78, 5) is 44.2. The van der Waals surface area contributed by atoms with E-state index in [0.29, 0.717) is 32.1 Å². The first-order valence-corrected chi connectivity index (χ1v) is 14.8. The van der Waals surface area contributed by atoms with Gasteiger partial charge in [0.05, 0.1) is 18.0 Å². The Morgan fingerprint density at radius 2 is 1.64 bits per heavy atom. The first-order valence-electron chi connectivity index (χ1n) is 13.6. The molecule has 0 spiro atoms. The smallest absolute Gasteiger partial charge is 0.333 e. The van der Waals surface area contributed by atoms with Crippen molar-refractivity contribution in [3.05, 3.63) is 86.9 Å². The van der Waals surface area contributed by atoms with Gasteiger partial charge in [-0.1, -0.05) is 42.5 Å². The van der Waals surface area contributed by atoms with Gasteiger partial charge in [-0.2, -0.15) is 11.8 Å². The maximum atomic E-state index is 14.1. The maximum absolute atomic E-state index is 14.1. The number of thioether (sulfide) groups is 1. The van der Waals surface area contributed by atoms with Crippen LogP contribution in [0, 0.1) is 5.82 Å². The number of nitrogens with one attached hydrogen (secondary N) is 1. The molecule has 0 unspecified atom stereocenters. The van der Waals surface area contributed by atoms with Gasteiger partial charge in [0.1, 0.15) is 11.5 Å². The number of hydrogen-bond acceptors (Lipinski definition) is 5. The second-order valence-corrected chi connectivity index (χ2v) is 11.9. The number of rotatable bonds is 5. The van der Waals surface area contributed by atoms with Crippen LogP contribution in [0.2, 0.25) is 0 Å². The molecular formula is C30H31FN4O3S. The van der Waals surface area contributed by atoms with Crippen molar-refractivity contribution in [3.63, 3.8) is 0 Å². The molecule has 0 atom stereocenters. The van der Waals surface area contributed by atoms with E-state index in [1.165, 1.54) is 10.6 Å². The summed E-state index contributed by atoms with van der Waals surface area (Å²) in [5.41, 5.74) is 0.402. The van der Waals surface area contributed by atoms with Gasteiger partial charge in [0.2, 0.25) is 5.91 Å². The fourth-order valence-corrected chi connectivity index (χ4v) is 7.17. The molecule has 1 amide bonds. The lowest BCUT2D eigenvalue weighted by molar-refractivity contribution is -0.121. The van der Waals surface area contributed by atoms with Crippen LogP contribution in [0.1, 0.15) is 56.2 Å². The molecule has 1 N–H and O–H groups in total. The van der Waals surface area contributed by atoms with E-state index >= 15 is 0 Å². The Bertz CT molecular complexity index is 1650. The number of benzene rings is 2. The van der Waals surface area contributed by atoms with E-state index in [4.69, 9.17) is 0 Å². The molecule has 202 valence electrons. The molecule has 1 saturated heterocycles. The molecule has 3 heterocycles. The lowest BCUT2D eigenvalue weighted by Crippen LogP contribution is -2.46. The highest BCUT2D eigenvalue weighted by Gasteiger charge is 2.29. The van der Waals surface area contributed by atoms with Crippen molar-refractivity contribution < 1.29 is 9.18 Å². The summed E-state index contributed by atoms with van der Waals surface area (Å²) < 4.78 is 17.1. The highest BCUT2D eigenvalue weighted by atomic mass is 32.2. The molecule has 2 fully saturated rings. The highest BCUT2D eigenvalue weighted by Crippen LogP contribution is 2.30. The van der Waals surface area contributed by atoms with Crippen LogP contribution in [0.25, 0.3) is 21.8 Å². The van der Waals surface area contributed by atoms with Gasteiger partial charge in [0, 0.05) is 18.1 Å². The molecule has 2 aromatic heterocycles. The van der Waals surface area contributed by atoms with Gasteiger partial charge in [0.25, 0.3) is 5.56 Å². The molecular weight excluding hydrogens is 515 g/mol. The molecule has 6 rings (SSSR count). The van der Waals surface area contributed by atoms with Crippen molar-refractivity contribution in [1.82, 2.24) is 19.4 Å². The number of carbonyl (C=O) groups excluding carboxylic acids is 1. The van der Waals surface area contributed by atoms with Crippen molar-refractivity contribution in [2.75, 3.05) is 11.5 Å². The molecule has 4 aromatic rings. The Morgan fingerprint density at radius 3 is 2.41 bits per heavy atom. The van der Waals surface area contributed by atoms with Crippen LogP contribution in [-0.2, 0) is 11.2 Å². The number of pyridine rings is 1. The highest BCUT2D eigenvalue weighted by molar-refractivity contribution is 7.99. The Morgan fingerprint density at radius 1 is 0.923 bits per heavy atom. The normalized spacial score (nSPS) is 20.3. The van der Waals surface area contributed by atoms with E-state index in [-0.39, 0.29) is 40.8 Å². The van der Waals surface area contributed by atoms with E-state index < -0.39 is 11.4 Å². The van der Waals surface area contributed by atoms with Gasteiger partial charge in [-0.25, -0.2) is 14.2 Å². The molecule has 1 aliphatic carbocycles. The lowest BCUT2D eigenvalue weighted by atomic mass is 9.90. The summed E-state index contributed by atoms with van der Waals surface area (Å²) >= 11 is 1.85. The van der Waals surface area contributed by atoms with E-state index in [1.54, 1.807) is 4.57 Å². The first kappa shape index (κ1) is 25.8. The van der Waals surface area contributed by atoms with Crippen molar-refractivity contribution in [2.45, 2.75) is 63.1 Å². The van der Waals surface area contributed by atoms with Gasteiger partial charge < -0.3 is 5.32 Å². The Kier molecular flexibility index (Phi) is 7.25. The van der Waals surface area contributed by atoms with Crippen LogP contribution in [-0.4, -0.2) is 37.6 Å². The van der Waals surface area contributed by atoms with Crippen LogP contribution in [0.3, 0.4) is 0 Å². The van der Waals surface area contributed by atoms with Crippen molar-refractivity contribution in [1.29, 1.82) is 0 Å². The molecule has 0 radical (unpaired) electrons. The van der Waals surface area contributed by atoms with Gasteiger partial charge in [-0.15, -0.1) is 0 Å². The van der Waals surface area contributed by atoms with E-state index in [1.807, 2.05) is 48.2 Å². The van der Waals surface area contributed by atoms with Gasteiger partial charge in [-0.3, -0.25) is 18.7 Å². The molecule has 9 heteroatoms. The number of fused-ring (bicyclic) bond motifs is 2. The predicted octanol–water partition coefficient (Wildman–Crippen LogP) is 4.76. The largest absolute Gasteiger partial charge is 0.353 e. The third-order valence-electron chi connectivity index (χ3n) is 8.08. The molecule has 2 aliphatic rings. The van der Waals surface area contributed by atoms with Gasteiger partial charge >= 0.3 is 5.69 Å². The third kappa shape index (κ3) is 5.24. The Balaban J connectivity index is 1.19. The molecule has 39 heavy (non-hydrogen) atoms. The predicted molar refractivity (Wildman–Crippen MR) is 153 cm³/mol. The molecule has 1 aliphatic heterocycles. The first-order chi connectivity index (χ1) is 19.0. The third-order valence-corrected chi connectivity index (χ3v) is 9.13. The van der Waals surface area contributed by atoms with Crippen molar-refractivity contribution in [3.8, 4) is 0 Å². The van der Waals surface area contributed by atoms with Crippen molar-refractivity contribution >= 4 is 39.5 Å². The molecule has 2 aromatic carbocycles. The average Bonchev–Trinajstić information content (AvgIpc) is 2.95. The maximum Gasteiger partial charge on any atom is 0.333 e. The zero-order chi connectivity index (χ0) is 26.9. The summed E-state index contributed by atoms with van der Waals surface area (Å²) in [5.74, 6) is 1.25. The number of aromatic nitrogens is 3. The average molecular weight is 547 g/mol. The molecule has 7 nitrogen and oxygen atoms in total. The summed E-state index contributed by atoms with van der Waals surface area (Å²) in [5, 5.41) is 5.55. The minimum absolute atomic E-state index is 0.0120. The Labute approximate surface area is 229 Å². The quantitative estimate of drug-likeness (QED) is 0.390. The van der Waals surface area contributed by atoms with Crippen LogP contribution < -0.4 is 16.6 Å². The number of halogens is 1. The van der Waals surface area contributed by atoms with Gasteiger partial charge in [-0.05, 0) is 72.4 Å². The van der Waals surface area contributed by atoms with Crippen LogP contribution in [0.15, 0.2) is 64.3 Å². The number of nitrogens with zero attached hydrogens (tertiary/aromatic N) is 3. The minimum atomic E-state index is -0.589. The zero-order valence-electron chi connectivity index (χ0n) is 21.6. The number of carbonyl (C=O) groups is 1. The van der Waals surface area contributed by atoms with E-state index in [0.717, 1.165) is 46.9 Å². The monoisotopic (exact) mass is 546 g/mol. The fourth-order valence-electron chi connectivity index (χ4n) is 6.09. The summed E-state index contributed by atoms with van der Waals surface area (Å²) in [6, 6.07) is 15.0. The van der Waals surface area contributed by atoms with Gasteiger partial charge in [0.15, 0.2) is 0 Å². The Hall–Kier alpha value is -3.46. The number of amides is 1. The van der Waals surface area contributed by atoms with Crippen molar-refractivity contribution in [2.24, 2.45) is 0 Å². The number of hydrogen-bond donors (Lipinski definition) is 1. The van der Waals surface area contributed by atoms with E-state index in [9.17, 15) is 18.8 Å². The summed E-state index contributed by atoms with van der Waals surface area (Å²) in [7, 11) is 0. The summed E-state index contributed by atoms with van der Waals surface area (Å²) in [6.45, 7) is 0. The van der Waals surface area contributed by atoms with Crippen LogP contribution >= 0.6 is 11.8 Å². The fraction of sp³-hybridized carbons (Fsp3) is 0.400. The molecule has 0 bridgehead atoms. The second-order valence-electron chi connectivity index (χ2n) is 10.6. The van der Waals surface area contributed by atoms with E-state index in [2.05, 4.69) is 16.4 Å².